The minimum absolute atomic E-state index is 0.241. The molecule has 1 N–H and O–H groups in total. The minimum atomic E-state index is -0.836. The lowest BCUT2D eigenvalue weighted by Gasteiger charge is -2.42. The molecule has 0 bridgehead atoms. The van der Waals surface area contributed by atoms with Crippen molar-refractivity contribution < 1.29 is 14.6 Å². The number of hydrogen-bond acceptors (Lipinski definition) is 3. The van der Waals surface area contributed by atoms with Crippen LogP contribution in [-0.4, -0.2) is 60.4 Å². The molecule has 116 valence electrons. The number of amides is 1. The minimum Gasteiger partial charge on any atom is -0.465 e. The van der Waals surface area contributed by atoms with Gasteiger partial charge in [-0.25, -0.2) is 4.79 Å². The molecular weight excluding hydrogens is 268 g/mol. The molecule has 0 spiro atoms. The summed E-state index contributed by atoms with van der Waals surface area (Å²) in [5.41, 5.74) is 1.03. The van der Waals surface area contributed by atoms with Gasteiger partial charge in [-0.15, -0.1) is 0 Å². The predicted molar refractivity (Wildman–Crippen MR) is 81.3 cm³/mol. The topological polar surface area (TPSA) is 53.0 Å². The molecule has 1 saturated heterocycles. The fraction of sp³-hybridized carbons (Fsp3) is 0.562. The Labute approximate surface area is 126 Å². The van der Waals surface area contributed by atoms with E-state index in [0.29, 0.717) is 13.1 Å². The van der Waals surface area contributed by atoms with Gasteiger partial charge in [0.25, 0.3) is 0 Å². The van der Waals surface area contributed by atoms with Crippen molar-refractivity contribution in [3.8, 4) is 0 Å². The molecular formula is C16H24N2O3. The number of nitrogens with zero attached hydrogens (tertiary/aromatic N) is 2. The Bertz CT molecular complexity index is 456. The van der Waals surface area contributed by atoms with E-state index in [-0.39, 0.29) is 5.60 Å². The molecule has 1 amide bonds. The van der Waals surface area contributed by atoms with Crippen LogP contribution < -0.4 is 0 Å². The smallest absolute Gasteiger partial charge is 0.407 e. The average Bonchev–Trinajstić information content (AvgIpc) is 2.48. The number of methoxy groups -OCH3 is 1. The highest BCUT2D eigenvalue weighted by Gasteiger charge is 2.36. The van der Waals surface area contributed by atoms with Gasteiger partial charge < -0.3 is 14.7 Å². The summed E-state index contributed by atoms with van der Waals surface area (Å²) in [6.07, 6.45) is 0.654. The number of carbonyl (C=O) groups is 1. The van der Waals surface area contributed by atoms with Crippen molar-refractivity contribution in [1.82, 2.24) is 9.80 Å². The van der Waals surface area contributed by atoms with Gasteiger partial charge in [-0.1, -0.05) is 30.3 Å². The first-order chi connectivity index (χ1) is 10.0. The number of ether oxygens (including phenoxy) is 1. The molecule has 1 aromatic carbocycles. The number of piperidine rings is 1. The molecule has 0 aromatic heterocycles. The number of likely N-dealkylation sites (N-methyl/N-ethyl adjacent to an activating group) is 1. The number of carboxylic acid groups (broad SMARTS) is 1. The van der Waals surface area contributed by atoms with Gasteiger partial charge in [0.15, 0.2) is 0 Å². The summed E-state index contributed by atoms with van der Waals surface area (Å²) in [4.78, 5) is 14.7. The predicted octanol–water partition coefficient (Wildman–Crippen LogP) is 2.28. The lowest BCUT2D eigenvalue weighted by molar-refractivity contribution is -0.0703. The van der Waals surface area contributed by atoms with Crippen LogP contribution in [0.25, 0.3) is 0 Å². The fourth-order valence-electron chi connectivity index (χ4n) is 2.98. The van der Waals surface area contributed by atoms with Crippen LogP contribution in [0.5, 0.6) is 0 Å². The van der Waals surface area contributed by atoms with E-state index in [1.165, 1.54) is 10.5 Å². The SMILES string of the molecule is COC1(CN(C)Cc2ccccc2)CCN(C(=O)O)CC1. The summed E-state index contributed by atoms with van der Waals surface area (Å²) in [6.45, 7) is 2.77. The van der Waals surface area contributed by atoms with E-state index in [0.717, 1.165) is 25.9 Å². The van der Waals surface area contributed by atoms with Gasteiger partial charge in [-0.05, 0) is 25.5 Å². The Kier molecular flexibility index (Phi) is 5.20. The molecule has 2 rings (SSSR count). The standard InChI is InChI=1S/C16H24N2O3/c1-17(12-14-6-4-3-5-7-14)13-16(21-2)8-10-18(11-9-16)15(19)20/h3-7H,8-13H2,1-2H3,(H,19,20). The Balaban J connectivity index is 1.91. The van der Waals surface area contributed by atoms with Crippen molar-refractivity contribution >= 4 is 6.09 Å². The van der Waals surface area contributed by atoms with Gasteiger partial charge in [-0.3, -0.25) is 4.90 Å². The monoisotopic (exact) mass is 292 g/mol. The van der Waals surface area contributed by atoms with E-state index >= 15 is 0 Å². The summed E-state index contributed by atoms with van der Waals surface area (Å²) in [5, 5.41) is 9.03. The normalized spacial score (nSPS) is 18.0. The Morgan fingerprint density at radius 2 is 1.95 bits per heavy atom. The van der Waals surface area contributed by atoms with E-state index in [4.69, 9.17) is 9.84 Å². The maximum absolute atomic E-state index is 11.0. The van der Waals surface area contributed by atoms with Crippen LogP contribution in [0.2, 0.25) is 0 Å². The van der Waals surface area contributed by atoms with Crippen molar-refractivity contribution in [2.45, 2.75) is 25.0 Å². The fourth-order valence-corrected chi connectivity index (χ4v) is 2.98. The van der Waals surface area contributed by atoms with E-state index in [1.54, 1.807) is 7.11 Å². The molecule has 0 atom stereocenters. The van der Waals surface area contributed by atoms with Crippen molar-refractivity contribution in [2.24, 2.45) is 0 Å². The van der Waals surface area contributed by atoms with Gasteiger partial charge in [0.1, 0.15) is 0 Å². The van der Waals surface area contributed by atoms with Crippen molar-refractivity contribution in [3.05, 3.63) is 35.9 Å². The maximum Gasteiger partial charge on any atom is 0.407 e. The van der Waals surface area contributed by atoms with Gasteiger partial charge in [-0.2, -0.15) is 0 Å². The molecule has 0 saturated carbocycles. The van der Waals surface area contributed by atoms with Crippen LogP contribution in [0.1, 0.15) is 18.4 Å². The van der Waals surface area contributed by atoms with E-state index in [1.807, 2.05) is 18.2 Å². The molecule has 1 aliphatic rings. The lowest BCUT2D eigenvalue weighted by atomic mass is 9.90. The summed E-state index contributed by atoms with van der Waals surface area (Å²) in [6, 6.07) is 10.3. The Morgan fingerprint density at radius 1 is 1.33 bits per heavy atom. The summed E-state index contributed by atoms with van der Waals surface area (Å²) in [7, 11) is 3.81. The first kappa shape index (κ1) is 15.8. The number of benzene rings is 1. The maximum atomic E-state index is 11.0. The summed E-state index contributed by atoms with van der Waals surface area (Å²) >= 11 is 0. The average molecular weight is 292 g/mol. The summed E-state index contributed by atoms with van der Waals surface area (Å²) < 4.78 is 5.75. The van der Waals surface area contributed by atoms with Crippen molar-refractivity contribution in [3.63, 3.8) is 0 Å². The van der Waals surface area contributed by atoms with Gasteiger partial charge in [0, 0.05) is 33.3 Å². The number of likely N-dealkylation sites (tertiary alicyclic amines) is 1. The Morgan fingerprint density at radius 3 is 2.48 bits per heavy atom. The molecule has 21 heavy (non-hydrogen) atoms. The van der Waals surface area contributed by atoms with Crippen LogP contribution >= 0.6 is 0 Å². The lowest BCUT2D eigenvalue weighted by Crippen LogP contribution is -2.52. The largest absolute Gasteiger partial charge is 0.465 e. The zero-order valence-corrected chi connectivity index (χ0v) is 12.8. The van der Waals surface area contributed by atoms with Crippen LogP contribution in [-0.2, 0) is 11.3 Å². The zero-order valence-electron chi connectivity index (χ0n) is 12.8. The third-order valence-electron chi connectivity index (χ3n) is 4.23. The van der Waals surface area contributed by atoms with E-state index in [9.17, 15) is 4.79 Å². The molecule has 0 unspecified atom stereocenters. The van der Waals surface area contributed by atoms with Crippen LogP contribution in [0.4, 0.5) is 4.79 Å². The molecule has 0 radical (unpaired) electrons. The van der Waals surface area contributed by atoms with Gasteiger partial charge in [0.2, 0.25) is 0 Å². The van der Waals surface area contributed by atoms with E-state index < -0.39 is 6.09 Å². The molecule has 0 aliphatic carbocycles. The second kappa shape index (κ2) is 6.91. The molecule has 1 aliphatic heterocycles. The van der Waals surface area contributed by atoms with Crippen LogP contribution in [0, 0.1) is 0 Å². The quantitative estimate of drug-likeness (QED) is 0.904. The molecule has 5 heteroatoms. The third-order valence-corrected chi connectivity index (χ3v) is 4.23. The van der Waals surface area contributed by atoms with Crippen molar-refractivity contribution in [2.75, 3.05) is 33.8 Å². The van der Waals surface area contributed by atoms with Crippen molar-refractivity contribution in [1.29, 1.82) is 0 Å². The van der Waals surface area contributed by atoms with Crippen LogP contribution in [0.15, 0.2) is 30.3 Å². The molecule has 1 fully saturated rings. The molecule has 5 nitrogen and oxygen atoms in total. The molecule has 1 heterocycles. The third kappa shape index (κ3) is 4.19. The molecule has 1 aromatic rings. The van der Waals surface area contributed by atoms with Gasteiger partial charge in [0.05, 0.1) is 5.60 Å². The zero-order chi connectivity index (χ0) is 15.3. The first-order valence-corrected chi connectivity index (χ1v) is 7.30. The second-order valence-corrected chi connectivity index (χ2v) is 5.81. The number of hydrogen-bond donors (Lipinski definition) is 1. The van der Waals surface area contributed by atoms with Gasteiger partial charge >= 0.3 is 6.09 Å². The second-order valence-electron chi connectivity index (χ2n) is 5.81. The highest BCUT2D eigenvalue weighted by Crippen LogP contribution is 2.27. The van der Waals surface area contributed by atoms with Crippen LogP contribution in [0.3, 0.4) is 0 Å². The highest BCUT2D eigenvalue weighted by atomic mass is 16.5. The first-order valence-electron chi connectivity index (χ1n) is 7.30. The van der Waals surface area contributed by atoms with E-state index in [2.05, 4.69) is 24.1 Å². The highest BCUT2D eigenvalue weighted by molar-refractivity contribution is 5.65. The Hall–Kier alpha value is -1.59. The number of rotatable bonds is 5. The summed E-state index contributed by atoms with van der Waals surface area (Å²) in [5.74, 6) is 0.